The summed E-state index contributed by atoms with van der Waals surface area (Å²) in [4.78, 5) is 16.3. The third kappa shape index (κ3) is 2.35. The third-order valence-electron chi connectivity index (χ3n) is 5.83. The number of hydrogen-bond donors (Lipinski definition) is 0. The van der Waals surface area contributed by atoms with Crippen LogP contribution in [0.2, 0.25) is 5.02 Å². The van der Waals surface area contributed by atoms with Crippen molar-refractivity contribution in [1.82, 2.24) is 14.4 Å². The van der Waals surface area contributed by atoms with Crippen LogP contribution in [0.4, 0.5) is 0 Å². The molecule has 1 fully saturated rings. The number of fused-ring (bicyclic) bond motifs is 6. The Kier molecular flexibility index (Phi) is 3.85. The van der Waals surface area contributed by atoms with E-state index in [4.69, 9.17) is 11.6 Å². The predicted molar refractivity (Wildman–Crippen MR) is 97.5 cm³/mol. The molecule has 1 aromatic carbocycles. The second kappa shape index (κ2) is 5.78. The van der Waals surface area contributed by atoms with Gasteiger partial charge < -0.3 is 9.47 Å². The number of carbonyl (C=O) groups is 1. The lowest BCUT2D eigenvalue weighted by molar-refractivity contribution is -0.128. The van der Waals surface area contributed by atoms with E-state index in [9.17, 15) is 4.79 Å². The highest BCUT2D eigenvalue weighted by Crippen LogP contribution is 2.47. The van der Waals surface area contributed by atoms with Gasteiger partial charge in [0.25, 0.3) is 0 Å². The monoisotopic (exact) mass is 345 g/mol. The predicted octanol–water partition coefficient (Wildman–Crippen LogP) is 3.46. The average molecular weight is 346 g/mol. The Labute approximate surface area is 148 Å². The van der Waals surface area contributed by atoms with Gasteiger partial charge in [-0.1, -0.05) is 11.6 Å². The quantitative estimate of drug-likeness (QED) is 0.852. The third-order valence-corrected chi connectivity index (χ3v) is 6.06. The Balaban J connectivity index is 1.82. The van der Waals surface area contributed by atoms with E-state index in [0.717, 1.165) is 18.0 Å². The number of benzene rings is 1. The van der Waals surface area contributed by atoms with Crippen molar-refractivity contribution in [1.29, 1.82) is 0 Å². The largest absolute Gasteiger partial charge is 0.349 e. The molecule has 2 atom stereocenters. The smallest absolute Gasteiger partial charge is 0.223 e. The molecule has 1 amide bonds. The normalized spacial score (nSPS) is 22.8. The van der Waals surface area contributed by atoms with Gasteiger partial charge in [-0.15, -0.1) is 0 Å². The molecule has 1 aromatic heterocycles. The maximum absolute atomic E-state index is 12.1. The molecule has 4 rings (SSSR count). The van der Waals surface area contributed by atoms with Crippen LogP contribution in [-0.4, -0.2) is 47.5 Å². The van der Waals surface area contributed by atoms with Gasteiger partial charge in [0, 0.05) is 67.2 Å². The maximum Gasteiger partial charge on any atom is 0.223 e. The fourth-order valence-corrected chi connectivity index (χ4v) is 4.69. The number of likely N-dealkylation sites (N-methyl/N-ethyl adjacent to an activating group) is 1. The van der Waals surface area contributed by atoms with E-state index in [2.05, 4.69) is 28.6 Å². The minimum atomic E-state index is 0.176. The number of nitrogens with zero attached hydrogens (tertiary/aromatic N) is 3. The van der Waals surface area contributed by atoms with Crippen molar-refractivity contribution in [3.05, 3.63) is 34.5 Å². The van der Waals surface area contributed by atoms with Crippen molar-refractivity contribution in [2.75, 3.05) is 21.1 Å². The Bertz CT molecular complexity index is 811. The molecule has 0 N–H and O–H groups in total. The Morgan fingerprint density at radius 2 is 2.12 bits per heavy atom. The molecule has 3 heterocycles. The van der Waals surface area contributed by atoms with Crippen LogP contribution in [0.5, 0.6) is 0 Å². The molecule has 128 valence electrons. The van der Waals surface area contributed by atoms with Crippen molar-refractivity contribution in [2.24, 2.45) is 0 Å². The summed E-state index contributed by atoms with van der Waals surface area (Å²) < 4.78 is 2.38. The van der Waals surface area contributed by atoms with E-state index >= 15 is 0 Å². The molecule has 2 unspecified atom stereocenters. The zero-order chi connectivity index (χ0) is 17.0. The minimum Gasteiger partial charge on any atom is -0.349 e. The van der Waals surface area contributed by atoms with Crippen LogP contribution in [0.15, 0.2) is 18.2 Å². The number of aromatic nitrogens is 1. The lowest BCUT2D eigenvalue weighted by Gasteiger charge is -2.32. The summed E-state index contributed by atoms with van der Waals surface area (Å²) in [6.07, 6.45) is 4.09. The van der Waals surface area contributed by atoms with E-state index < -0.39 is 0 Å². The van der Waals surface area contributed by atoms with Crippen LogP contribution in [-0.2, 0) is 17.8 Å². The Morgan fingerprint density at radius 1 is 1.33 bits per heavy atom. The van der Waals surface area contributed by atoms with Gasteiger partial charge in [0.15, 0.2) is 0 Å². The second-order valence-electron chi connectivity index (χ2n) is 7.33. The summed E-state index contributed by atoms with van der Waals surface area (Å²) in [5.74, 6) is 0.176. The molecule has 1 saturated heterocycles. The molecule has 2 bridgehead atoms. The molecule has 2 aliphatic rings. The summed E-state index contributed by atoms with van der Waals surface area (Å²) >= 11 is 6.29. The highest BCUT2D eigenvalue weighted by atomic mass is 35.5. The van der Waals surface area contributed by atoms with Crippen molar-refractivity contribution in [2.45, 2.75) is 44.3 Å². The molecule has 0 radical (unpaired) electrons. The minimum absolute atomic E-state index is 0.176. The standard InChI is InChI=1S/C19H24ClN3O/c1-21(2)18(24)8-9-23-15-6-4-12(20)10-14(15)19-16-7-5-13(22(16)3)11-17(19)23/h4,6,10,13,16H,5,7-9,11H2,1-3H3. The SMILES string of the molecule is CN(C)C(=O)CCn1c2c(c3cc(Cl)ccc31)C1CCC(C2)N1C. The highest BCUT2D eigenvalue weighted by molar-refractivity contribution is 6.31. The van der Waals surface area contributed by atoms with Gasteiger partial charge in [0.05, 0.1) is 0 Å². The van der Waals surface area contributed by atoms with E-state index in [0.29, 0.717) is 18.5 Å². The van der Waals surface area contributed by atoms with Crippen molar-refractivity contribution >= 4 is 28.4 Å². The average Bonchev–Trinajstić information content (AvgIpc) is 2.95. The van der Waals surface area contributed by atoms with Crippen molar-refractivity contribution < 1.29 is 4.79 Å². The van der Waals surface area contributed by atoms with Crippen LogP contribution >= 0.6 is 11.6 Å². The van der Waals surface area contributed by atoms with E-state index in [1.54, 1.807) is 4.90 Å². The number of rotatable bonds is 3. The van der Waals surface area contributed by atoms with Gasteiger partial charge in [0.2, 0.25) is 5.91 Å². The first-order chi connectivity index (χ1) is 11.5. The molecule has 5 heteroatoms. The van der Waals surface area contributed by atoms with Gasteiger partial charge in [-0.05, 0) is 43.7 Å². The Hall–Kier alpha value is -1.52. The molecule has 0 saturated carbocycles. The fourth-order valence-electron chi connectivity index (χ4n) is 4.51. The number of carbonyl (C=O) groups excluding carboxylic acids is 1. The molecule has 2 aromatic rings. The molecular formula is C19H24ClN3O. The van der Waals surface area contributed by atoms with E-state index in [-0.39, 0.29) is 5.91 Å². The summed E-state index contributed by atoms with van der Waals surface area (Å²) in [6, 6.07) is 7.30. The van der Waals surface area contributed by atoms with Gasteiger partial charge in [-0.2, -0.15) is 0 Å². The number of aryl methyl sites for hydroxylation is 1. The maximum atomic E-state index is 12.1. The number of hydrogen-bond acceptors (Lipinski definition) is 2. The van der Waals surface area contributed by atoms with E-state index in [1.807, 2.05) is 20.2 Å². The first-order valence-electron chi connectivity index (χ1n) is 8.70. The van der Waals surface area contributed by atoms with Gasteiger partial charge in [-0.25, -0.2) is 0 Å². The van der Waals surface area contributed by atoms with Crippen LogP contribution in [0.1, 0.15) is 36.6 Å². The molecular weight excluding hydrogens is 322 g/mol. The molecule has 4 nitrogen and oxygen atoms in total. The molecule has 2 aliphatic heterocycles. The number of halogens is 1. The van der Waals surface area contributed by atoms with Crippen molar-refractivity contribution in [3.63, 3.8) is 0 Å². The summed E-state index contributed by atoms with van der Waals surface area (Å²) in [7, 11) is 5.88. The van der Waals surface area contributed by atoms with Crippen LogP contribution in [0, 0.1) is 0 Å². The van der Waals surface area contributed by atoms with Gasteiger partial charge in [-0.3, -0.25) is 9.69 Å². The van der Waals surface area contributed by atoms with Crippen LogP contribution in [0.25, 0.3) is 10.9 Å². The molecule has 0 aliphatic carbocycles. The van der Waals surface area contributed by atoms with Crippen LogP contribution in [0.3, 0.4) is 0 Å². The van der Waals surface area contributed by atoms with Crippen LogP contribution < -0.4 is 0 Å². The summed E-state index contributed by atoms with van der Waals surface area (Å²) in [5.41, 5.74) is 4.09. The Morgan fingerprint density at radius 3 is 2.88 bits per heavy atom. The first-order valence-corrected chi connectivity index (χ1v) is 9.07. The zero-order valence-electron chi connectivity index (χ0n) is 14.6. The van der Waals surface area contributed by atoms with Gasteiger partial charge >= 0.3 is 0 Å². The fraction of sp³-hybridized carbons (Fsp3) is 0.526. The topological polar surface area (TPSA) is 28.5 Å². The molecule has 24 heavy (non-hydrogen) atoms. The summed E-state index contributed by atoms with van der Waals surface area (Å²) in [5, 5.41) is 2.06. The van der Waals surface area contributed by atoms with Crippen molar-refractivity contribution in [3.8, 4) is 0 Å². The first kappa shape index (κ1) is 16.0. The zero-order valence-corrected chi connectivity index (χ0v) is 15.3. The number of amides is 1. The lowest BCUT2D eigenvalue weighted by Crippen LogP contribution is -2.34. The second-order valence-corrected chi connectivity index (χ2v) is 7.76. The van der Waals surface area contributed by atoms with Gasteiger partial charge in [0.1, 0.15) is 0 Å². The molecule has 0 spiro atoms. The highest BCUT2D eigenvalue weighted by Gasteiger charge is 2.40. The lowest BCUT2D eigenvalue weighted by atomic mass is 9.97. The summed E-state index contributed by atoms with van der Waals surface area (Å²) in [6.45, 7) is 0.744. The van der Waals surface area contributed by atoms with E-state index in [1.165, 1.54) is 35.0 Å².